The summed E-state index contributed by atoms with van der Waals surface area (Å²) in [6.45, 7) is 6.85. The topological polar surface area (TPSA) is 26.3 Å². The number of hydrogen-bond acceptors (Lipinski definition) is 2. The maximum atomic E-state index is 11.4. The number of aldehydes is 1. The Morgan fingerprint density at radius 1 is 1.11 bits per heavy atom. The third-order valence-electron chi connectivity index (χ3n) is 3.06. The molecule has 0 radical (unpaired) electrons. The van der Waals surface area contributed by atoms with Crippen LogP contribution in [0.3, 0.4) is 0 Å². The third-order valence-corrected chi connectivity index (χ3v) is 3.06. The molecule has 1 aromatic carbocycles. The fraction of sp³-hybridized carbons (Fsp3) is 0.471. The van der Waals surface area contributed by atoms with E-state index in [9.17, 15) is 4.79 Å². The lowest BCUT2D eigenvalue weighted by Crippen LogP contribution is -1.99. The van der Waals surface area contributed by atoms with Gasteiger partial charge in [0.1, 0.15) is 12.0 Å². The van der Waals surface area contributed by atoms with Crippen molar-refractivity contribution in [1.29, 1.82) is 0 Å². The van der Waals surface area contributed by atoms with Crippen LogP contribution in [0.1, 0.15) is 52.0 Å². The van der Waals surface area contributed by atoms with E-state index in [-0.39, 0.29) is 0 Å². The normalized spacial score (nSPS) is 11.9. The summed E-state index contributed by atoms with van der Waals surface area (Å²) in [4.78, 5) is 11.4. The lowest BCUT2D eigenvalue weighted by Gasteiger charge is -2.15. The first-order valence-electron chi connectivity index (χ1n) is 7.17. The number of para-hydroxylation sites is 1. The number of carbonyl (C=O) groups excluding carboxylic acids is 1. The monoisotopic (exact) mass is 260 g/mol. The maximum absolute atomic E-state index is 11.4. The van der Waals surface area contributed by atoms with Gasteiger partial charge in [-0.2, -0.15) is 0 Å². The highest BCUT2D eigenvalue weighted by atomic mass is 16.5. The largest absolute Gasteiger partial charge is 0.493 e. The number of hydrogen-bond donors (Lipinski definition) is 0. The molecular formula is C17H24O2. The Bertz CT molecular complexity index is 433. The molecule has 0 bridgehead atoms. The Kier molecular flexibility index (Phi) is 6.94. The van der Waals surface area contributed by atoms with Gasteiger partial charge in [-0.3, -0.25) is 4.79 Å². The standard InChI is InChI=1S/C17H24O2/c1-4-9-14(13-18)15(10-5-2)16-11-7-8-12-17(16)19-6-3/h7-8,11-13H,4-6,9-10H2,1-3H3/b15-14-. The third kappa shape index (κ3) is 4.23. The van der Waals surface area contributed by atoms with E-state index in [4.69, 9.17) is 4.74 Å². The average Bonchev–Trinajstić information content (AvgIpc) is 2.44. The molecule has 19 heavy (non-hydrogen) atoms. The van der Waals surface area contributed by atoms with Crippen molar-refractivity contribution in [3.63, 3.8) is 0 Å². The molecule has 1 rings (SSSR count). The van der Waals surface area contributed by atoms with E-state index in [0.29, 0.717) is 6.61 Å². The van der Waals surface area contributed by atoms with Gasteiger partial charge in [0.25, 0.3) is 0 Å². The molecule has 2 heteroatoms. The molecule has 0 aliphatic rings. The second-order valence-corrected chi connectivity index (χ2v) is 4.55. The summed E-state index contributed by atoms with van der Waals surface area (Å²) < 4.78 is 5.69. The Morgan fingerprint density at radius 3 is 2.37 bits per heavy atom. The van der Waals surface area contributed by atoms with Gasteiger partial charge in [-0.05, 0) is 37.0 Å². The first-order valence-corrected chi connectivity index (χ1v) is 7.17. The van der Waals surface area contributed by atoms with E-state index in [1.165, 1.54) is 0 Å². The van der Waals surface area contributed by atoms with Crippen molar-refractivity contribution in [2.45, 2.75) is 46.5 Å². The van der Waals surface area contributed by atoms with E-state index < -0.39 is 0 Å². The summed E-state index contributed by atoms with van der Waals surface area (Å²) in [7, 11) is 0. The van der Waals surface area contributed by atoms with Crippen LogP contribution >= 0.6 is 0 Å². The highest BCUT2D eigenvalue weighted by Crippen LogP contribution is 2.32. The van der Waals surface area contributed by atoms with Crippen molar-refractivity contribution in [2.24, 2.45) is 0 Å². The van der Waals surface area contributed by atoms with Crippen molar-refractivity contribution in [3.8, 4) is 5.75 Å². The second kappa shape index (κ2) is 8.52. The van der Waals surface area contributed by atoms with Gasteiger partial charge in [-0.25, -0.2) is 0 Å². The van der Waals surface area contributed by atoms with Crippen LogP contribution in [-0.4, -0.2) is 12.9 Å². The van der Waals surface area contributed by atoms with Gasteiger partial charge in [0.15, 0.2) is 0 Å². The van der Waals surface area contributed by atoms with Crippen LogP contribution in [0.2, 0.25) is 0 Å². The van der Waals surface area contributed by atoms with Gasteiger partial charge in [0, 0.05) is 5.56 Å². The first kappa shape index (κ1) is 15.5. The van der Waals surface area contributed by atoms with Crippen molar-refractivity contribution >= 4 is 11.9 Å². The molecule has 0 saturated heterocycles. The minimum atomic E-state index is 0.640. The van der Waals surface area contributed by atoms with Crippen LogP contribution in [0.15, 0.2) is 29.8 Å². The molecular weight excluding hydrogens is 236 g/mol. The number of allylic oxidation sites excluding steroid dienone is 2. The molecule has 1 aromatic rings. The Labute approximate surface area is 116 Å². The SMILES string of the molecule is CCC/C(C=O)=C(\CCC)c1ccccc1OCC. The minimum absolute atomic E-state index is 0.640. The molecule has 0 atom stereocenters. The molecule has 104 valence electrons. The van der Waals surface area contributed by atoms with Crippen molar-refractivity contribution < 1.29 is 9.53 Å². The lowest BCUT2D eigenvalue weighted by atomic mass is 9.93. The van der Waals surface area contributed by atoms with Gasteiger partial charge in [-0.15, -0.1) is 0 Å². The van der Waals surface area contributed by atoms with Gasteiger partial charge in [0.2, 0.25) is 0 Å². The summed E-state index contributed by atoms with van der Waals surface area (Å²) in [5.74, 6) is 0.879. The fourth-order valence-electron chi connectivity index (χ4n) is 2.27. The van der Waals surface area contributed by atoms with Crippen LogP contribution in [-0.2, 0) is 4.79 Å². The summed E-state index contributed by atoms with van der Waals surface area (Å²) in [6.07, 6.45) is 4.77. The quantitative estimate of drug-likeness (QED) is 0.503. The summed E-state index contributed by atoms with van der Waals surface area (Å²) in [5, 5.41) is 0. The Balaban J connectivity index is 3.28. The Morgan fingerprint density at radius 2 is 1.79 bits per heavy atom. The van der Waals surface area contributed by atoms with Crippen LogP contribution in [0.5, 0.6) is 5.75 Å². The second-order valence-electron chi connectivity index (χ2n) is 4.55. The molecule has 0 saturated carbocycles. The number of ether oxygens (including phenoxy) is 1. The molecule has 2 nitrogen and oxygen atoms in total. The summed E-state index contributed by atoms with van der Waals surface area (Å²) in [6, 6.07) is 8.00. The average molecular weight is 260 g/mol. The molecule has 0 N–H and O–H groups in total. The van der Waals surface area contributed by atoms with Crippen LogP contribution in [0.4, 0.5) is 0 Å². The molecule has 0 fully saturated rings. The summed E-state index contributed by atoms with van der Waals surface area (Å²) in [5.41, 5.74) is 3.13. The van der Waals surface area contributed by atoms with Crippen LogP contribution in [0, 0.1) is 0 Å². The molecule has 0 unspecified atom stereocenters. The molecule has 0 spiro atoms. The van der Waals surface area contributed by atoms with E-state index in [1.807, 2.05) is 25.1 Å². The highest BCUT2D eigenvalue weighted by molar-refractivity contribution is 5.89. The van der Waals surface area contributed by atoms with E-state index >= 15 is 0 Å². The number of carbonyl (C=O) groups is 1. The van der Waals surface area contributed by atoms with Gasteiger partial charge in [0.05, 0.1) is 6.61 Å². The lowest BCUT2D eigenvalue weighted by molar-refractivity contribution is -0.105. The van der Waals surface area contributed by atoms with E-state index in [0.717, 1.165) is 54.4 Å². The first-order chi connectivity index (χ1) is 9.28. The smallest absolute Gasteiger partial charge is 0.146 e. The molecule has 0 aliphatic carbocycles. The Hall–Kier alpha value is -1.57. The zero-order chi connectivity index (χ0) is 14.1. The van der Waals surface area contributed by atoms with Gasteiger partial charge < -0.3 is 4.74 Å². The summed E-state index contributed by atoms with van der Waals surface area (Å²) >= 11 is 0. The minimum Gasteiger partial charge on any atom is -0.493 e. The van der Waals surface area contributed by atoms with E-state index in [1.54, 1.807) is 0 Å². The predicted octanol–water partition coefficient (Wildman–Crippen LogP) is 4.64. The van der Waals surface area contributed by atoms with E-state index in [2.05, 4.69) is 19.9 Å². The van der Waals surface area contributed by atoms with Crippen LogP contribution < -0.4 is 4.74 Å². The zero-order valence-corrected chi connectivity index (χ0v) is 12.2. The molecule has 0 heterocycles. The molecule has 0 aliphatic heterocycles. The maximum Gasteiger partial charge on any atom is 0.146 e. The van der Waals surface area contributed by atoms with Gasteiger partial charge in [-0.1, -0.05) is 44.9 Å². The fourth-order valence-corrected chi connectivity index (χ4v) is 2.27. The number of benzene rings is 1. The molecule has 0 aromatic heterocycles. The van der Waals surface area contributed by atoms with Gasteiger partial charge >= 0.3 is 0 Å². The predicted molar refractivity (Wildman–Crippen MR) is 80.4 cm³/mol. The van der Waals surface area contributed by atoms with Crippen molar-refractivity contribution in [2.75, 3.05) is 6.61 Å². The van der Waals surface area contributed by atoms with Crippen molar-refractivity contribution in [1.82, 2.24) is 0 Å². The van der Waals surface area contributed by atoms with Crippen LogP contribution in [0.25, 0.3) is 5.57 Å². The highest BCUT2D eigenvalue weighted by Gasteiger charge is 2.12. The zero-order valence-electron chi connectivity index (χ0n) is 12.2. The van der Waals surface area contributed by atoms with Crippen molar-refractivity contribution in [3.05, 3.63) is 35.4 Å². The molecule has 0 amide bonds. The number of rotatable bonds is 8.